The molecule has 0 spiro atoms. The fraction of sp³-hybridized carbons (Fsp3) is 0.571. The van der Waals surface area contributed by atoms with Crippen LogP contribution >= 0.6 is 11.3 Å². The first-order valence-electron chi connectivity index (χ1n) is 6.62. The van der Waals surface area contributed by atoms with Crippen LogP contribution < -0.4 is 10.6 Å². The third kappa shape index (κ3) is 2.87. The number of nitrogens with zero attached hydrogens (tertiary/aromatic N) is 3. The summed E-state index contributed by atoms with van der Waals surface area (Å²) in [7, 11) is 0. The summed E-state index contributed by atoms with van der Waals surface area (Å²) >= 11 is 1.72. The molecule has 0 saturated carbocycles. The Morgan fingerprint density at radius 1 is 1.37 bits per heavy atom. The van der Waals surface area contributed by atoms with Crippen molar-refractivity contribution in [2.45, 2.75) is 27.7 Å². The van der Waals surface area contributed by atoms with Crippen LogP contribution in [0.1, 0.15) is 26.3 Å². The van der Waals surface area contributed by atoms with Gasteiger partial charge in [0.1, 0.15) is 12.1 Å². The van der Waals surface area contributed by atoms with Crippen LogP contribution in [-0.2, 0) is 0 Å². The number of aryl methyl sites for hydroxylation is 1. The topological polar surface area (TPSA) is 55.0 Å². The van der Waals surface area contributed by atoms with Gasteiger partial charge in [0.2, 0.25) is 0 Å². The van der Waals surface area contributed by atoms with Gasteiger partial charge in [0.05, 0.1) is 10.2 Å². The second kappa shape index (κ2) is 5.43. The minimum absolute atomic E-state index is 0.0829. The number of rotatable bonds is 5. The highest BCUT2D eigenvalue weighted by Crippen LogP contribution is 2.32. The lowest BCUT2D eigenvalue weighted by Gasteiger charge is -2.32. The summed E-state index contributed by atoms with van der Waals surface area (Å²) in [6, 6.07) is 0. The minimum Gasteiger partial charge on any atom is -0.355 e. The molecule has 0 amide bonds. The third-order valence-electron chi connectivity index (χ3n) is 3.36. The number of hydrogen-bond donors (Lipinski definition) is 1. The summed E-state index contributed by atoms with van der Waals surface area (Å²) in [5.41, 5.74) is 8.22. The molecule has 0 fully saturated rings. The molecule has 2 aromatic heterocycles. The van der Waals surface area contributed by atoms with Gasteiger partial charge in [-0.2, -0.15) is 0 Å². The molecule has 0 aromatic carbocycles. The van der Waals surface area contributed by atoms with E-state index in [1.807, 2.05) is 0 Å². The Balaban J connectivity index is 2.41. The van der Waals surface area contributed by atoms with Gasteiger partial charge in [-0.15, -0.1) is 11.3 Å². The first-order chi connectivity index (χ1) is 8.98. The zero-order valence-corrected chi connectivity index (χ0v) is 12.9. The van der Waals surface area contributed by atoms with E-state index in [-0.39, 0.29) is 5.41 Å². The molecule has 104 valence electrons. The van der Waals surface area contributed by atoms with E-state index in [0.717, 1.165) is 24.4 Å². The molecule has 0 bridgehead atoms. The SMILES string of the molecule is CCN(CC(C)(C)CN)c1ncnc2c(C)csc12. The molecule has 0 radical (unpaired) electrons. The standard InChI is InChI=1S/C14H22N4S/c1-5-18(8-14(3,4)7-15)13-12-11(16-9-17-13)10(2)6-19-12/h6,9H,5,7-8,15H2,1-4H3. The lowest BCUT2D eigenvalue weighted by Crippen LogP contribution is -2.39. The van der Waals surface area contributed by atoms with Gasteiger partial charge in [0.25, 0.3) is 0 Å². The first-order valence-corrected chi connectivity index (χ1v) is 7.50. The maximum Gasteiger partial charge on any atom is 0.150 e. The van der Waals surface area contributed by atoms with Gasteiger partial charge < -0.3 is 10.6 Å². The summed E-state index contributed by atoms with van der Waals surface area (Å²) in [6.45, 7) is 11.1. The monoisotopic (exact) mass is 278 g/mol. The first kappa shape index (κ1) is 14.2. The van der Waals surface area contributed by atoms with Crippen LogP contribution in [0.4, 0.5) is 5.82 Å². The molecule has 2 aromatic rings. The van der Waals surface area contributed by atoms with Crippen molar-refractivity contribution >= 4 is 27.4 Å². The fourth-order valence-corrected chi connectivity index (χ4v) is 3.12. The molecule has 0 atom stereocenters. The van der Waals surface area contributed by atoms with Gasteiger partial charge in [-0.1, -0.05) is 13.8 Å². The highest BCUT2D eigenvalue weighted by Gasteiger charge is 2.22. The Hall–Kier alpha value is -1.20. The van der Waals surface area contributed by atoms with E-state index in [9.17, 15) is 0 Å². The van der Waals surface area contributed by atoms with Crippen molar-refractivity contribution in [3.8, 4) is 0 Å². The van der Waals surface area contributed by atoms with Crippen LogP contribution in [0.15, 0.2) is 11.7 Å². The van der Waals surface area contributed by atoms with E-state index in [1.165, 1.54) is 10.3 Å². The lowest BCUT2D eigenvalue weighted by molar-refractivity contribution is 0.379. The Morgan fingerprint density at radius 3 is 2.74 bits per heavy atom. The minimum atomic E-state index is 0.0829. The second-order valence-electron chi connectivity index (χ2n) is 5.68. The molecule has 2 N–H and O–H groups in total. The molecule has 0 aliphatic rings. The van der Waals surface area contributed by atoms with E-state index in [1.54, 1.807) is 17.7 Å². The Bertz CT molecular complexity index is 562. The molecule has 19 heavy (non-hydrogen) atoms. The largest absolute Gasteiger partial charge is 0.355 e. The molecule has 2 heterocycles. The van der Waals surface area contributed by atoms with Gasteiger partial charge in [-0.3, -0.25) is 0 Å². The number of anilines is 1. The van der Waals surface area contributed by atoms with Crippen LogP contribution in [0.25, 0.3) is 10.2 Å². The number of fused-ring (bicyclic) bond motifs is 1. The average Bonchev–Trinajstić information content (AvgIpc) is 2.78. The molecule has 2 rings (SSSR count). The second-order valence-corrected chi connectivity index (χ2v) is 6.56. The molecular weight excluding hydrogens is 256 g/mol. The Labute approximate surface area is 118 Å². The molecule has 0 aliphatic carbocycles. The van der Waals surface area contributed by atoms with Crippen LogP contribution in [0.2, 0.25) is 0 Å². The van der Waals surface area contributed by atoms with E-state index in [4.69, 9.17) is 5.73 Å². The fourth-order valence-electron chi connectivity index (χ4n) is 2.10. The summed E-state index contributed by atoms with van der Waals surface area (Å²) in [5, 5.41) is 2.14. The molecule has 0 saturated heterocycles. The lowest BCUT2D eigenvalue weighted by atomic mass is 9.93. The number of thiophene rings is 1. The van der Waals surface area contributed by atoms with Gasteiger partial charge in [-0.25, -0.2) is 9.97 Å². The molecule has 5 heteroatoms. The quantitative estimate of drug-likeness (QED) is 0.913. The zero-order chi connectivity index (χ0) is 14.0. The summed E-state index contributed by atoms with van der Waals surface area (Å²) in [4.78, 5) is 11.2. The van der Waals surface area contributed by atoms with Crippen LogP contribution in [0.5, 0.6) is 0 Å². The molecule has 4 nitrogen and oxygen atoms in total. The number of nitrogens with two attached hydrogens (primary N) is 1. The van der Waals surface area contributed by atoms with Crippen molar-refractivity contribution in [3.63, 3.8) is 0 Å². The maximum absolute atomic E-state index is 5.85. The molecular formula is C14H22N4S. The molecule has 0 aliphatic heterocycles. The maximum atomic E-state index is 5.85. The van der Waals surface area contributed by atoms with Crippen molar-refractivity contribution in [3.05, 3.63) is 17.3 Å². The predicted molar refractivity (Wildman–Crippen MR) is 82.9 cm³/mol. The average molecular weight is 278 g/mol. The summed E-state index contributed by atoms with van der Waals surface area (Å²) in [6.07, 6.45) is 1.66. The highest BCUT2D eigenvalue weighted by molar-refractivity contribution is 7.18. The van der Waals surface area contributed by atoms with E-state index < -0.39 is 0 Å². The zero-order valence-electron chi connectivity index (χ0n) is 12.1. The Kier molecular flexibility index (Phi) is 4.06. The number of hydrogen-bond acceptors (Lipinski definition) is 5. The van der Waals surface area contributed by atoms with Gasteiger partial charge >= 0.3 is 0 Å². The van der Waals surface area contributed by atoms with Crippen molar-refractivity contribution in [2.75, 3.05) is 24.5 Å². The molecule has 0 unspecified atom stereocenters. The van der Waals surface area contributed by atoms with Crippen molar-refractivity contribution in [1.29, 1.82) is 0 Å². The van der Waals surface area contributed by atoms with E-state index in [0.29, 0.717) is 6.54 Å². The van der Waals surface area contributed by atoms with Crippen molar-refractivity contribution < 1.29 is 0 Å². The van der Waals surface area contributed by atoms with Crippen molar-refractivity contribution in [2.24, 2.45) is 11.1 Å². The van der Waals surface area contributed by atoms with Crippen molar-refractivity contribution in [1.82, 2.24) is 9.97 Å². The number of aromatic nitrogens is 2. The highest BCUT2D eigenvalue weighted by atomic mass is 32.1. The predicted octanol–water partition coefficient (Wildman–Crippen LogP) is 2.81. The Morgan fingerprint density at radius 2 is 2.11 bits per heavy atom. The van der Waals surface area contributed by atoms with Crippen LogP contribution in [0.3, 0.4) is 0 Å². The summed E-state index contributed by atoms with van der Waals surface area (Å²) in [5.74, 6) is 1.03. The van der Waals surface area contributed by atoms with E-state index in [2.05, 4.69) is 47.9 Å². The smallest absolute Gasteiger partial charge is 0.150 e. The van der Waals surface area contributed by atoms with Crippen LogP contribution in [0, 0.1) is 12.3 Å². The van der Waals surface area contributed by atoms with Crippen LogP contribution in [-0.4, -0.2) is 29.6 Å². The summed E-state index contributed by atoms with van der Waals surface area (Å²) < 4.78 is 1.18. The van der Waals surface area contributed by atoms with Gasteiger partial charge in [-0.05, 0) is 36.8 Å². The van der Waals surface area contributed by atoms with Gasteiger partial charge in [0.15, 0.2) is 0 Å². The third-order valence-corrected chi connectivity index (χ3v) is 4.45. The van der Waals surface area contributed by atoms with E-state index >= 15 is 0 Å². The van der Waals surface area contributed by atoms with Gasteiger partial charge in [0, 0.05) is 13.1 Å². The normalized spacial score (nSPS) is 12.1.